The van der Waals surface area contributed by atoms with Crippen molar-refractivity contribution in [3.05, 3.63) is 58.9 Å². The number of hydrogen-bond donors (Lipinski definition) is 2. The number of methoxy groups -OCH3 is 1. The predicted molar refractivity (Wildman–Crippen MR) is 94.4 cm³/mol. The molecule has 25 heavy (non-hydrogen) atoms. The summed E-state index contributed by atoms with van der Waals surface area (Å²) in [6.07, 6.45) is -0.00487. The third kappa shape index (κ3) is 5.76. The van der Waals surface area contributed by atoms with Crippen LogP contribution < -0.4 is 15.4 Å². The summed E-state index contributed by atoms with van der Waals surface area (Å²) in [7, 11) is 1.47. The molecular formula is C18H18ClFN2O3. The van der Waals surface area contributed by atoms with Crippen molar-refractivity contribution in [2.75, 3.05) is 19.0 Å². The fraction of sp³-hybridized carbons (Fsp3) is 0.222. The van der Waals surface area contributed by atoms with Gasteiger partial charge in [-0.3, -0.25) is 9.59 Å². The highest BCUT2D eigenvalue weighted by Crippen LogP contribution is 2.27. The first-order chi connectivity index (χ1) is 12.0. The number of rotatable bonds is 7. The molecule has 0 bridgehead atoms. The van der Waals surface area contributed by atoms with Crippen LogP contribution in [0.25, 0.3) is 0 Å². The SMILES string of the molecule is COc1ccc(Cl)cc1NC(=O)CC(=O)NCCc1ccccc1F. The largest absolute Gasteiger partial charge is 0.495 e. The lowest BCUT2D eigenvalue weighted by molar-refractivity contribution is -0.126. The standard InChI is InChI=1S/C18H18ClFN2O3/c1-25-16-7-6-13(19)10-15(16)22-18(24)11-17(23)21-9-8-12-4-2-3-5-14(12)20/h2-7,10H,8-9,11H2,1H3,(H,21,23)(H,22,24). The summed E-state index contributed by atoms with van der Waals surface area (Å²) < 4.78 is 18.6. The molecule has 0 aliphatic rings. The number of amides is 2. The van der Waals surface area contributed by atoms with Gasteiger partial charge < -0.3 is 15.4 Å². The van der Waals surface area contributed by atoms with Gasteiger partial charge in [0.05, 0.1) is 12.8 Å². The van der Waals surface area contributed by atoms with E-state index in [0.717, 1.165) is 0 Å². The average Bonchev–Trinajstić information content (AvgIpc) is 2.56. The topological polar surface area (TPSA) is 67.4 Å². The van der Waals surface area contributed by atoms with Crippen LogP contribution in [0.2, 0.25) is 5.02 Å². The zero-order valence-electron chi connectivity index (χ0n) is 13.6. The minimum Gasteiger partial charge on any atom is -0.495 e. The summed E-state index contributed by atoms with van der Waals surface area (Å²) in [5, 5.41) is 5.61. The molecule has 2 N–H and O–H groups in total. The fourth-order valence-corrected chi connectivity index (χ4v) is 2.39. The van der Waals surface area contributed by atoms with E-state index in [1.165, 1.54) is 19.2 Å². The maximum atomic E-state index is 13.5. The zero-order valence-corrected chi connectivity index (χ0v) is 14.4. The summed E-state index contributed by atoms with van der Waals surface area (Å²) in [5.74, 6) is -0.820. The smallest absolute Gasteiger partial charge is 0.233 e. The Kier molecular flexibility index (Phi) is 6.77. The van der Waals surface area contributed by atoms with Gasteiger partial charge in [-0.25, -0.2) is 4.39 Å². The molecule has 2 aromatic carbocycles. The molecule has 0 aliphatic carbocycles. The maximum absolute atomic E-state index is 13.5. The second kappa shape index (κ2) is 9.03. The molecule has 0 aromatic heterocycles. The Morgan fingerprint density at radius 3 is 2.64 bits per heavy atom. The molecule has 0 unspecified atom stereocenters. The quantitative estimate of drug-likeness (QED) is 0.741. The van der Waals surface area contributed by atoms with Gasteiger partial charge in [-0.1, -0.05) is 29.8 Å². The summed E-state index contributed by atoms with van der Waals surface area (Å²) in [6, 6.07) is 11.1. The van der Waals surface area contributed by atoms with Gasteiger partial charge in [0.2, 0.25) is 11.8 Å². The molecule has 0 radical (unpaired) electrons. The first-order valence-electron chi connectivity index (χ1n) is 7.63. The van der Waals surface area contributed by atoms with Crippen molar-refractivity contribution in [1.82, 2.24) is 5.32 Å². The molecule has 2 rings (SSSR count). The van der Waals surface area contributed by atoms with Crippen LogP contribution in [-0.2, 0) is 16.0 Å². The lowest BCUT2D eigenvalue weighted by atomic mass is 10.1. The van der Waals surface area contributed by atoms with Gasteiger partial charge in [0.25, 0.3) is 0 Å². The van der Waals surface area contributed by atoms with E-state index in [0.29, 0.717) is 28.4 Å². The number of carbonyl (C=O) groups excluding carboxylic acids is 2. The summed E-state index contributed by atoms with van der Waals surface area (Å²) in [4.78, 5) is 23.8. The normalized spacial score (nSPS) is 10.2. The van der Waals surface area contributed by atoms with E-state index in [9.17, 15) is 14.0 Å². The lowest BCUT2D eigenvalue weighted by Crippen LogP contribution is -2.29. The van der Waals surface area contributed by atoms with E-state index in [4.69, 9.17) is 16.3 Å². The second-order valence-corrected chi connectivity index (χ2v) is 5.70. The first-order valence-corrected chi connectivity index (χ1v) is 8.01. The van der Waals surface area contributed by atoms with Gasteiger partial charge in [0.15, 0.2) is 0 Å². The molecular weight excluding hydrogens is 347 g/mol. The van der Waals surface area contributed by atoms with Crippen LogP contribution in [0.5, 0.6) is 5.75 Å². The van der Waals surface area contributed by atoms with E-state index in [1.807, 2.05) is 0 Å². The van der Waals surface area contributed by atoms with Gasteiger partial charge >= 0.3 is 0 Å². The summed E-state index contributed by atoms with van der Waals surface area (Å²) in [5.41, 5.74) is 0.898. The molecule has 7 heteroatoms. The number of hydrogen-bond acceptors (Lipinski definition) is 3. The van der Waals surface area contributed by atoms with Gasteiger partial charge in [0.1, 0.15) is 18.0 Å². The molecule has 0 fully saturated rings. The molecule has 2 amide bonds. The van der Waals surface area contributed by atoms with E-state index >= 15 is 0 Å². The Bertz CT molecular complexity index is 768. The van der Waals surface area contributed by atoms with Gasteiger partial charge in [-0.2, -0.15) is 0 Å². The summed E-state index contributed by atoms with van der Waals surface area (Å²) >= 11 is 5.89. The zero-order chi connectivity index (χ0) is 18.2. The molecule has 5 nitrogen and oxygen atoms in total. The van der Waals surface area contributed by atoms with Crippen molar-refractivity contribution in [3.8, 4) is 5.75 Å². The molecule has 0 heterocycles. The second-order valence-electron chi connectivity index (χ2n) is 5.26. The lowest BCUT2D eigenvalue weighted by Gasteiger charge is -2.11. The number of halogens is 2. The van der Waals surface area contributed by atoms with Crippen LogP contribution in [0.3, 0.4) is 0 Å². The van der Waals surface area contributed by atoms with Crippen molar-refractivity contribution in [2.24, 2.45) is 0 Å². The average molecular weight is 365 g/mol. The Morgan fingerprint density at radius 2 is 1.92 bits per heavy atom. The molecule has 0 atom stereocenters. The number of benzene rings is 2. The molecule has 0 aliphatic heterocycles. The number of carbonyl (C=O) groups is 2. The van der Waals surface area contributed by atoms with E-state index in [1.54, 1.807) is 30.3 Å². The number of anilines is 1. The third-order valence-corrected chi connectivity index (χ3v) is 3.67. The number of ether oxygens (including phenoxy) is 1. The van der Waals surface area contributed by atoms with Crippen LogP contribution in [0.4, 0.5) is 10.1 Å². The van der Waals surface area contributed by atoms with Crippen LogP contribution in [0.1, 0.15) is 12.0 Å². The monoisotopic (exact) mass is 364 g/mol. The first kappa shape index (κ1) is 18.7. The highest BCUT2D eigenvalue weighted by atomic mass is 35.5. The Balaban J connectivity index is 1.81. The van der Waals surface area contributed by atoms with Crippen LogP contribution in [0, 0.1) is 5.82 Å². The van der Waals surface area contributed by atoms with Crippen molar-refractivity contribution in [1.29, 1.82) is 0 Å². The van der Waals surface area contributed by atoms with Crippen molar-refractivity contribution >= 4 is 29.1 Å². The Morgan fingerprint density at radius 1 is 1.16 bits per heavy atom. The molecule has 0 spiro atoms. The Hall–Kier alpha value is -2.60. The number of nitrogens with one attached hydrogen (secondary N) is 2. The minimum absolute atomic E-state index is 0.244. The molecule has 0 saturated carbocycles. The molecule has 0 saturated heterocycles. The van der Waals surface area contributed by atoms with Crippen LogP contribution in [0.15, 0.2) is 42.5 Å². The van der Waals surface area contributed by atoms with E-state index in [-0.39, 0.29) is 18.8 Å². The Labute approximate surface area is 150 Å². The van der Waals surface area contributed by atoms with Gasteiger partial charge in [0, 0.05) is 11.6 Å². The molecule has 132 valence electrons. The van der Waals surface area contributed by atoms with Crippen molar-refractivity contribution < 1.29 is 18.7 Å². The third-order valence-electron chi connectivity index (χ3n) is 3.43. The summed E-state index contributed by atoms with van der Waals surface area (Å²) in [6.45, 7) is 0.244. The van der Waals surface area contributed by atoms with Gasteiger partial charge in [-0.05, 0) is 36.2 Å². The van der Waals surface area contributed by atoms with Crippen molar-refractivity contribution in [3.63, 3.8) is 0 Å². The van der Waals surface area contributed by atoms with Gasteiger partial charge in [-0.15, -0.1) is 0 Å². The fourth-order valence-electron chi connectivity index (χ4n) is 2.22. The highest BCUT2D eigenvalue weighted by molar-refractivity contribution is 6.31. The molecule has 2 aromatic rings. The van der Waals surface area contributed by atoms with E-state index < -0.39 is 11.8 Å². The van der Waals surface area contributed by atoms with Crippen LogP contribution in [-0.4, -0.2) is 25.5 Å². The predicted octanol–water partition coefficient (Wildman–Crippen LogP) is 3.18. The minimum atomic E-state index is -0.496. The van der Waals surface area contributed by atoms with Crippen molar-refractivity contribution in [2.45, 2.75) is 12.8 Å². The van der Waals surface area contributed by atoms with Crippen LogP contribution >= 0.6 is 11.6 Å². The highest BCUT2D eigenvalue weighted by Gasteiger charge is 2.12. The van der Waals surface area contributed by atoms with E-state index in [2.05, 4.69) is 10.6 Å². The maximum Gasteiger partial charge on any atom is 0.233 e.